The molecule has 0 saturated heterocycles. The number of anilines is 1. The van der Waals surface area contributed by atoms with Crippen LogP contribution >= 0.6 is 0 Å². The van der Waals surface area contributed by atoms with Crippen molar-refractivity contribution >= 4 is 11.7 Å². The Morgan fingerprint density at radius 2 is 2.22 bits per heavy atom. The van der Waals surface area contributed by atoms with Gasteiger partial charge < -0.3 is 11.1 Å². The van der Waals surface area contributed by atoms with Crippen LogP contribution in [0.3, 0.4) is 0 Å². The number of rotatable bonds is 4. The van der Waals surface area contributed by atoms with Crippen LogP contribution in [0.4, 0.5) is 5.82 Å². The summed E-state index contributed by atoms with van der Waals surface area (Å²) in [7, 11) is 0. The smallest absolute Gasteiger partial charge is 0.255 e. The Kier molecular flexibility index (Phi) is 3.84. The summed E-state index contributed by atoms with van der Waals surface area (Å²) in [5, 5.41) is 3.01. The van der Waals surface area contributed by atoms with E-state index in [9.17, 15) is 4.79 Å². The van der Waals surface area contributed by atoms with E-state index >= 15 is 0 Å². The van der Waals surface area contributed by atoms with Crippen molar-refractivity contribution in [3.63, 3.8) is 0 Å². The summed E-state index contributed by atoms with van der Waals surface area (Å²) in [6.45, 7) is 2.95. The van der Waals surface area contributed by atoms with E-state index in [1.54, 1.807) is 18.3 Å². The molecule has 1 aromatic heterocycles. The monoisotopic (exact) mass is 247 g/mol. The number of amides is 1. The van der Waals surface area contributed by atoms with Crippen molar-refractivity contribution in [2.45, 2.75) is 39.0 Å². The fourth-order valence-electron chi connectivity index (χ4n) is 2.75. The van der Waals surface area contributed by atoms with Gasteiger partial charge in [-0.05, 0) is 36.8 Å². The SMILES string of the molecule is CCC1(CNC(=O)c2cccnc2N)CCCC1. The van der Waals surface area contributed by atoms with Gasteiger partial charge in [-0.25, -0.2) is 4.98 Å². The summed E-state index contributed by atoms with van der Waals surface area (Å²) in [5.74, 6) is 0.187. The molecule has 3 N–H and O–H groups in total. The number of nitrogens with zero attached hydrogens (tertiary/aromatic N) is 1. The van der Waals surface area contributed by atoms with E-state index in [1.807, 2.05) is 0 Å². The molecule has 1 aliphatic carbocycles. The van der Waals surface area contributed by atoms with Crippen LogP contribution in [0.1, 0.15) is 49.4 Å². The number of aromatic nitrogens is 1. The van der Waals surface area contributed by atoms with Gasteiger partial charge in [-0.15, -0.1) is 0 Å². The maximum absolute atomic E-state index is 12.0. The Balaban J connectivity index is 1.98. The van der Waals surface area contributed by atoms with Crippen LogP contribution in [0.15, 0.2) is 18.3 Å². The Labute approximate surface area is 108 Å². The number of carbonyl (C=O) groups excluding carboxylic acids is 1. The standard InChI is InChI=1S/C14H21N3O/c1-2-14(7-3-4-8-14)10-17-13(18)11-6-5-9-16-12(11)15/h5-6,9H,2-4,7-8,10H2,1H3,(H2,15,16)(H,17,18). The van der Waals surface area contributed by atoms with Gasteiger partial charge in [0.25, 0.3) is 5.91 Å². The number of nitrogen functional groups attached to an aromatic ring is 1. The van der Waals surface area contributed by atoms with E-state index in [2.05, 4.69) is 17.2 Å². The first kappa shape index (κ1) is 12.9. The molecule has 0 aliphatic heterocycles. The van der Waals surface area contributed by atoms with Gasteiger partial charge >= 0.3 is 0 Å². The van der Waals surface area contributed by atoms with Crippen molar-refractivity contribution in [2.24, 2.45) is 5.41 Å². The van der Waals surface area contributed by atoms with E-state index in [-0.39, 0.29) is 5.91 Å². The Bertz CT molecular complexity index is 425. The van der Waals surface area contributed by atoms with Gasteiger partial charge in [0, 0.05) is 12.7 Å². The minimum Gasteiger partial charge on any atom is -0.383 e. The third-order valence-electron chi connectivity index (χ3n) is 4.12. The van der Waals surface area contributed by atoms with Crippen molar-refractivity contribution < 1.29 is 4.79 Å². The zero-order valence-corrected chi connectivity index (χ0v) is 10.9. The molecule has 4 nitrogen and oxygen atoms in total. The molecule has 18 heavy (non-hydrogen) atoms. The van der Waals surface area contributed by atoms with Crippen LogP contribution in [0.25, 0.3) is 0 Å². The van der Waals surface area contributed by atoms with Crippen molar-refractivity contribution in [1.29, 1.82) is 0 Å². The number of nitrogens with two attached hydrogens (primary N) is 1. The third-order valence-corrected chi connectivity index (χ3v) is 4.12. The van der Waals surface area contributed by atoms with Crippen LogP contribution < -0.4 is 11.1 Å². The van der Waals surface area contributed by atoms with Gasteiger partial charge in [-0.3, -0.25) is 4.79 Å². The lowest BCUT2D eigenvalue weighted by atomic mass is 9.83. The minimum atomic E-state index is -0.111. The van der Waals surface area contributed by atoms with Crippen LogP contribution in [-0.2, 0) is 0 Å². The summed E-state index contributed by atoms with van der Waals surface area (Å²) in [5.41, 5.74) is 6.47. The van der Waals surface area contributed by atoms with Gasteiger partial charge in [0.05, 0.1) is 5.56 Å². The predicted octanol–water partition coefficient (Wildman–Crippen LogP) is 2.36. The van der Waals surface area contributed by atoms with Gasteiger partial charge in [0.1, 0.15) is 5.82 Å². The van der Waals surface area contributed by atoms with Crippen molar-refractivity contribution in [2.75, 3.05) is 12.3 Å². The molecule has 1 aromatic rings. The zero-order valence-electron chi connectivity index (χ0n) is 10.9. The molecule has 0 spiro atoms. The second-order valence-electron chi connectivity index (χ2n) is 5.18. The highest BCUT2D eigenvalue weighted by atomic mass is 16.1. The zero-order chi connectivity index (χ0) is 13.0. The van der Waals surface area contributed by atoms with Gasteiger partial charge in [0.15, 0.2) is 0 Å². The molecule has 0 aromatic carbocycles. The fraction of sp³-hybridized carbons (Fsp3) is 0.571. The van der Waals surface area contributed by atoms with Crippen LogP contribution in [-0.4, -0.2) is 17.4 Å². The Morgan fingerprint density at radius 1 is 1.50 bits per heavy atom. The van der Waals surface area contributed by atoms with E-state index in [0.29, 0.717) is 16.8 Å². The summed E-state index contributed by atoms with van der Waals surface area (Å²) < 4.78 is 0. The highest BCUT2D eigenvalue weighted by Gasteiger charge is 2.32. The molecule has 1 fully saturated rings. The number of nitrogens with one attached hydrogen (secondary N) is 1. The maximum Gasteiger partial charge on any atom is 0.255 e. The number of hydrogen-bond donors (Lipinski definition) is 2. The highest BCUT2D eigenvalue weighted by molar-refractivity contribution is 5.98. The van der Waals surface area contributed by atoms with Crippen molar-refractivity contribution in [3.05, 3.63) is 23.9 Å². The van der Waals surface area contributed by atoms with E-state index in [1.165, 1.54) is 25.7 Å². The first-order valence-electron chi connectivity index (χ1n) is 6.65. The molecule has 4 heteroatoms. The molecule has 0 unspecified atom stereocenters. The van der Waals surface area contributed by atoms with Crippen LogP contribution in [0, 0.1) is 5.41 Å². The summed E-state index contributed by atoms with van der Waals surface area (Å²) in [6.07, 6.45) is 7.70. The predicted molar refractivity (Wildman–Crippen MR) is 72.2 cm³/mol. The molecule has 0 bridgehead atoms. The van der Waals surface area contributed by atoms with Crippen molar-refractivity contribution in [1.82, 2.24) is 10.3 Å². The Hall–Kier alpha value is -1.58. The quantitative estimate of drug-likeness (QED) is 0.858. The van der Waals surface area contributed by atoms with Gasteiger partial charge in [-0.2, -0.15) is 0 Å². The molecule has 1 heterocycles. The molecule has 1 aliphatic rings. The number of carbonyl (C=O) groups is 1. The molecule has 0 radical (unpaired) electrons. The Morgan fingerprint density at radius 3 is 2.83 bits per heavy atom. The molecular weight excluding hydrogens is 226 g/mol. The fourth-order valence-corrected chi connectivity index (χ4v) is 2.75. The van der Waals surface area contributed by atoms with Crippen LogP contribution in [0.5, 0.6) is 0 Å². The van der Waals surface area contributed by atoms with E-state index in [0.717, 1.165) is 13.0 Å². The molecule has 98 valence electrons. The molecule has 1 saturated carbocycles. The number of hydrogen-bond acceptors (Lipinski definition) is 3. The lowest BCUT2D eigenvalue weighted by Crippen LogP contribution is -2.36. The normalized spacial score (nSPS) is 17.6. The van der Waals surface area contributed by atoms with Crippen LogP contribution in [0.2, 0.25) is 0 Å². The maximum atomic E-state index is 12.0. The second kappa shape index (κ2) is 5.38. The average Bonchev–Trinajstić information content (AvgIpc) is 2.86. The lowest BCUT2D eigenvalue weighted by Gasteiger charge is -2.27. The second-order valence-corrected chi connectivity index (χ2v) is 5.18. The minimum absolute atomic E-state index is 0.111. The first-order chi connectivity index (χ1) is 8.67. The summed E-state index contributed by atoms with van der Waals surface area (Å²) in [6, 6.07) is 3.45. The molecule has 1 amide bonds. The first-order valence-corrected chi connectivity index (χ1v) is 6.65. The largest absolute Gasteiger partial charge is 0.383 e. The van der Waals surface area contributed by atoms with E-state index in [4.69, 9.17) is 5.73 Å². The van der Waals surface area contributed by atoms with Crippen molar-refractivity contribution in [3.8, 4) is 0 Å². The lowest BCUT2D eigenvalue weighted by molar-refractivity contribution is 0.0929. The highest BCUT2D eigenvalue weighted by Crippen LogP contribution is 2.40. The van der Waals surface area contributed by atoms with Gasteiger partial charge in [0.2, 0.25) is 0 Å². The third kappa shape index (κ3) is 2.63. The van der Waals surface area contributed by atoms with Gasteiger partial charge in [-0.1, -0.05) is 19.8 Å². The van der Waals surface area contributed by atoms with E-state index < -0.39 is 0 Å². The topological polar surface area (TPSA) is 68.0 Å². The molecule has 0 atom stereocenters. The summed E-state index contributed by atoms with van der Waals surface area (Å²) >= 11 is 0. The summed E-state index contributed by atoms with van der Waals surface area (Å²) in [4.78, 5) is 16.0. The molecular formula is C14H21N3O. The number of pyridine rings is 1. The molecule has 2 rings (SSSR count). The average molecular weight is 247 g/mol.